The standard InChI is InChI=1S/C23H25N3O2/c1-17-13-18(2)25-22(14-17)20-6-8-21(9-7-20)23(27)26(11-12-28-3)16-19-5-4-10-24-15-19/h4-10,13-15H,11-12,16H2,1-3H3. The van der Waals surface area contributed by atoms with Crippen molar-refractivity contribution in [3.8, 4) is 11.3 Å². The molecule has 28 heavy (non-hydrogen) atoms. The molecular weight excluding hydrogens is 350 g/mol. The summed E-state index contributed by atoms with van der Waals surface area (Å²) in [5, 5.41) is 0. The maximum absolute atomic E-state index is 13.0. The highest BCUT2D eigenvalue weighted by atomic mass is 16.5. The van der Waals surface area contributed by atoms with Crippen molar-refractivity contribution >= 4 is 5.91 Å². The van der Waals surface area contributed by atoms with Gasteiger partial charge in [0.15, 0.2) is 0 Å². The first-order valence-corrected chi connectivity index (χ1v) is 9.29. The summed E-state index contributed by atoms with van der Waals surface area (Å²) in [7, 11) is 1.64. The van der Waals surface area contributed by atoms with Gasteiger partial charge in [-0.05, 0) is 55.3 Å². The maximum atomic E-state index is 13.0. The SMILES string of the molecule is COCCN(Cc1cccnc1)C(=O)c1ccc(-c2cc(C)cc(C)n2)cc1. The van der Waals surface area contributed by atoms with E-state index in [0.29, 0.717) is 25.3 Å². The number of carbonyl (C=O) groups excluding carboxylic acids is 1. The van der Waals surface area contributed by atoms with Gasteiger partial charge >= 0.3 is 0 Å². The van der Waals surface area contributed by atoms with Gasteiger partial charge in [-0.2, -0.15) is 0 Å². The lowest BCUT2D eigenvalue weighted by Gasteiger charge is -2.22. The number of ether oxygens (including phenoxy) is 1. The molecule has 0 atom stereocenters. The number of aryl methyl sites for hydroxylation is 2. The Bertz CT molecular complexity index is 904. The van der Waals surface area contributed by atoms with Gasteiger partial charge < -0.3 is 9.64 Å². The Morgan fingerprint density at radius 1 is 1.11 bits per heavy atom. The van der Waals surface area contributed by atoms with Crippen molar-refractivity contribution in [3.63, 3.8) is 0 Å². The summed E-state index contributed by atoms with van der Waals surface area (Å²) in [6.07, 6.45) is 3.51. The van der Waals surface area contributed by atoms with Crippen LogP contribution < -0.4 is 0 Å². The Morgan fingerprint density at radius 2 is 1.89 bits per heavy atom. The van der Waals surface area contributed by atoms with Crippen molar-refractivity contribution in [1.82, 2.24) is 14.9 Å². The van der Waals surface area contributed by atoms with Crippen LogP contribution in [-0.4, -0.2) is 41.0 Å². The zero-order valence-electron chi connectivity index (χ0n) is 16.6. The molecule has 0 aliphatic rings. The van der Waals surface area contributed by atoms with Gasteiger partial charge in [-0.1, -0.05) is 18.2 Å². The molecule has 0 fully saturated rings. The van der Waals surface area contributed by atoms with Crippen molar-refractivity contribution in [2.24, 2.45) is 0 Å². The lowest BCUT2D eigenvalue weighted by molar-refractivity contribution is 0.0680. The Labute approximate surface area is 166 Å². The molecule has 5 heteroatoms. The molecule has 0 spiro atoms. The zero-order valence-corrected chi connectivity index (χ0v) is 16.6. The van der Waals surface area contributed by atoms with E-state index in [9.17, 15) is 4.79 Å². The zero-order chi connectivity index (χ0) is 19.9. The Balaban J connectivity index is 1.80. The third kappa shape index (κ3) is 5.02. The summed E-state index contributed by atoms with van der Waals surface area (Å²) in [5.74, 6) is -0.0270. The topological polar surface area (TPSA) is 55.3 Å². The van der Waals surface area contributed by atoms with E-state index in [2.05, 4.69) is 23.0 Å². The number of carbonyl (C=O) groups is 1. The molecule has 0 saturated carbocycles. The molecule has 0 N–H and O–H groups in total. The minimum atomic E-state index is -0.0270. The number of aromatic nitrogens is 2. The van der Waals surface area contributed by atoms with E-state index >= 15 is 0 Å². The summed E-state index contributed by atoms with van der Waals surface area (Å²) >= 11 is 0. The summed E-state index contributed by atoms with van der Waals surface area (Å²) in [4.78, 5) is 23.6. The van der Waals surface area contributed by atoms with Gasteiger partial charge in [0, 0.05) is 49.4 Å². The second-order valence-electron chi connectivity index (χ2n) is 6.83. The molecule has 1 amide bonds. The van der Waals surface area contributed by atoms with Crippen molar-refractivity contribution in [2.45, 2.75) is 20.4 Å². The molecule has 2 aromatic heterocycles. The number of rotatable bonds is 7. The molecule has 0 aliphatic carbocycles. The number of benzene rings is 1. The van der Waals surface area contributed by atoms with Crippen LogP contribution >= 0.6 is 0 Å². The fraction of sp³-hybridized carbons (Fsp3) is 0.261. The summed E-state index contributed by atoms with van der Waals surface area (Å²) < 4.78 is 5.18. The highest BCUT2D eigenvalue weighted by molar-refractivity contribution is 5.94. The fourth-order valence-electron chi connectivity index (χ4n) is 3.12. The second-order valence-corrected chi connectivity index (χ2v) is 6.83. The fourth-order valence-corrected chi connectivity index (χ4v) is 3.12. The largest absolute Gasteiger partial charge is 0.383 e. The van der Waals surface area contributed by atoms with Gasteiger partial charge in [-0.15, -0.1) is 0 Å². The first-order chi connectivity index (χ1) is 13.6. The predicted molar refractivity (Wildman–Crippen MR) is 110 cm³/mol. The first-order valence-electron chi connectivity index (χ1n) is 9.29. The predicted octanol–water partition coefficient (Wildman–Crippen LogP) is 4.05. The van der Waals surface area contributed by atoms with Crippen LogP contribution in [0, 0.1) is 13.8 Å². The normalized spacial score (nSPS) is 10.7. The van der Waals surface area contributed by atoms with Gasteiger partial charge in [0.25, 0.3) is 5.91 Å². The molecule has 5 nitrogen and oxygen atoms in total. The van der Waals surface area contributed by atoms with Gasteiger partial charge in [-0.3, -0.25) is 14.8 Å². The lowest BCUT2D eigenvalue weighted by atomic mass is 10.1. The van der Waals surface area contributed by atoms with Gasteiger partial charge in [0.2, 0.25) is 0 Å². The molecule has 3 aromatic rings. The first kappa shape index (κ1) is 19.7. The summed E-state index contributed by atoms with van der Waals surface area (Å²) in [5.41, 5.74) is 5.71. The molecular formula is C23H25N3O2. The maximum Gasteiger partial charge on any atom is 0.254 e. The van der Waals surface area contributed by atoms with Crippen LogP contribution in [0.25, 0.3) is 11.3 Å². The number of hydrogen-bond donors (Lipinski definition) is 0. The molecule has 1 aromatic carbocycles. The van der Waals surface area contributed by atoms with Gasteiger partial charge in [0.05, 0.1) is 12.3 Å². The van der Waals surface area contributed by atoms with E-state index in [1.165, 1.54) is 5.56 Å². The van der Waals surface area contributed by atoms with Crippen molar-refractivity contribution in [3.05, 3.63) is 83.3 Å². The lowest BCUT2D eigenvalue weighted by Crippen LogP contribution is -2.33. The van der Waals surface area contributed by atoms with Crippen LogP contribution in [0.1, 0.15) is 27.2 Å². The highest BCUT2D eigenvalue weighted by Crippen LogP contribution is 2.20. The summed E-state index contributed by atoms with van der Waals surface area (Å²) in [6, 6.07) is 15.6. The number of pyridine rings is 2. The third-order valence-corrected chi connectivity index (χ3v) is 4.47. The van der Waals surface area contributed by atoms with E-state index in [1.807, 2.05) is 49.4 Å². The van der Waals surface area contributed by atoms with Crippen LogP contribution in [0.5, 0.6) is 0 Å². The minimum Gasteiger partial charge on any atom is -0.383 e. The van der Waals surface area contributed by atoms with E-state index in [0.717, 1.165) is 22.5 Å². The van der Waals surface area contributed by atoms with E-state index in [-0.39, 0.29) is 5.91 Å². The molecule has 0 saturated heterocycles. The van der Waals surface area contributed by atoms with E-state index in [1.54, 1.807) is 24.4 Å². The number of hydrogen-bond acceptors (Lipinski definition) is 4. The monoisotopic (exact) mass is 375 g/mol. The van der Waals surface area contributed by atoms with Crippen LogP contribution in [0.4, 0.5) is 0 Å². The molecule has 2 heterocycles. The van der Waals surface area contributed by atoms with Crippen molar-refractivity contribution < 1.29 is 9.53 Å². The van der Waals surface area contributed by atoms with Crippen LogP contribution in [0.2, 0.25) is 0 Å². The average molecular weight is 375 g/mol. The van der Waals surface area contributed by atoms with E-state index < -0.39 is 0 Å². The smallest absolute Gasteiger partial charge is 0.254 e. The molecule has 144 valence electrons. The van der Waals surface area contributed by atoms with Crippen molar-refractivity contribution in [2.75, 3.05) is 20.3 Å². The summed E-state index contributed by atoms with van der Waals surface area (Å²) in [6.45, 7) is 5.54. The molecule has 0 unspecified atom stereocenters. The average Bonchev–Trinajstić information content (AvgIpc) is 2.71. The third-order valence-electron chi connectivity index (χ3n) is 4.47. The van der Waals surface area contributed by atoms with Crippen LogP contribution in [-0.2, 0) is 11.3 Å². The van der Waals surface area contributed by atoms with Crippen molar-refractivity contribution in [1.29, 1.82) is 0 Å². The number of nitrogens with zero attached hydrogens (tertiary/aromatic N) is 3. The van der Waals surface area contributed by atoms with Crippen LogP contribution in [0.3, 0.4) is 0 Å². The molecule has 0 aliphatic heterocycles. The minimum absolute atomic E-state index is 0.0270. The molecule has 0 radical (unpaired) electrons. The molecule has 3 rings (SSSR count). The Hall–Kier alpha value is -3.05. The quantitative estimate of drug-likeness (QED) is 0.625. The van der Waals surface area contributed by atoms with Gasteiger partial charge in [0.1, 0.15) is 0 Å². The Kier molecular flexibility index (Phi) is 6.50. The Morgan fingerprint density at radius 3 is 2.54 bits per heavy atom. The highest BCUT2D eigenvalue weighted by Gasteiger charge is 2.16. The number of methoxy groups -OCH3 is 1. The second kappa shape index (κ2) is 9.24. The number of amides is 1. The molecule has 0 bridgehead atoms. The van der Waals surface area contributed by atoms with Crippen LogP contribution in [0.15, 0.2) is 60.9 Å². The van der Waals surface area contributed by atoms with Gasteiger partial charge in [-0.25, -0.2) is 0 Å². The van der Waals surface area contributed by atoms with E-state index in [4.69, 9.17) is 4.74 Å².